The maximum Gasteiger partial charge on any atom is 0.332 e. The number of esters is 1. The lowest BCUT2D eigenvalue weighted by molar-refractivity contribution is -0.251. The zero-order chi connectivity index (χ0) is 29.0. The second-order valence-corrected chi connectivity index (χ2v) is 14.2. The molecule has 39 heavy (non-hydrogen) atoms. The molecule has 212 valence electrons. The van der Waals surface area contributed by atoms with Gasteiger partial charge in [-0.25, -0.2) is 4.79 Å². The number of carbonyl (C=O) groups is 1. The summed E-state index contributed by atoms with van der Waals surface area (Å²) in [6.45, 7) is 11.3. The highest BCUT2D eigenvalue weighted by molar-refractivity contribution is 8.00. The smallest absolute Gasteiger partial charge is 0.332 e. The summed E-state index contributed by atoms with van der Waals surface area (Å²) < 4.78 is 18.0. The molecule has 0 amide bonds. The van der Waals surface area contributed by atoms with Gasteiger partial charge in [-0.2, -0.15) is 0 Å². The molecule has 3 rings (SSSR count). The number of hydrogen-bond acceptors (Lipinski definition) is 6. The van der Waals surface area contributed by atoms with E-state index in [9.17, 15) is 4.79 Å². The standard InChI is InChI=1S/C32H45N2O4S/c1-30(2,3)37-29(35)23-36-32(38-31(4,5)6)21-19-28(20-22-32)39(26-15-11-24(12-16-26)33(7)8)27-17-13-25(14-18-27)34(9)10/h11-21H,22-23H2,1-10H3/q+1. The molecule has 6 nitrogen and oxygen atoms in total. The molecule has 1 unspecified atom stereocenters. The Hall–Kier alpha value is -2.74. The van der Waals surface area contributed by atoms with Gasteiger partial charge in [-0.1, -0.05) is 0 Å². The first kappa shape index (κ1) is 30.8. The molecule has 7 heteroatoms. The Balaban J connectivity index is 1.94. The quantitative estimate of drug-likeness (QED) is 0.199. The van der Waals surface area contributed by atoms with Crippen LogP contribution in [0.2, 0.25) is 0 Å². The van der Waals surface area contributed by atoms with Gasteiger partial charge in [0.1, 0.15) is 12.2 Å². The molecular weight excluding hydrogens is 508 g/mol. The van der Waals surface area contributed by atoms with Gasteiger partial charge in [0.05, 0.1) is 16.5 Å². The van der Waals surface area contributed by atoms with Crippen molar-refractivity contribution >= 4 is 28.2 Å². The van der Waals surface area contributed by atoms with Crippen molar-refractivity contribution in [3.05, 3.63) is 71.7 Å². The van der Waals surface area contributed by atoms with Gasteiger partial charge in [0.25, 0.3) is 0 Å². The minimum Gasteiger partial charge on any atom is -0.458 e. The van der Waals surface area contributed by atoms with Gasteiger partial charge in [-0.15, -0.1) is 0 Å². The molecule has 0 radical (unpaired) electrons. The number of nitrogens with zero attached hydrogens (tertiary/aromatic N) is 2. The average Bonchev–Trinajstić information content (AvgIpc) is 2.83. The van der Waals surface area contributed by atoms with Crippen molar-refractivity contribution in [3.8, 4) is 0 Å². The molecular formula is C32H45N2O4S+. The molecule has 1 aliphatic rings. The predicted molar refractivity (Wildman–Crippen MR) is 163 cm³/mol. The molecule has 0 N–H and O–H groups in total. The normalized spacial score (nSPS) is 17.7. The van der Waals surface area contributed by atoms with Crippen molar-refractivity contribution in [3.63, 3.8) is 0 Å². The van der Waals surface area contributed by atoms with Crippen LogP contribution >= 0.6 is 0 Å². The third-order valence-electron chi connectivity index (χ3n) is 5.84. The first-order valence-corrected chi connectivity index (χ1v) is 14.5. The first-order valence-electron chi connectivity index (χ1n) is 13.3. The van der Waals surface area contributed by atoms with Crippen LogP contribution in [-0.4, -0.2) is 57.8 Å². The van der Waals surface area contributed by atoms with Crippen LogP contribution in [0, 0.1) is 0 Å². The third kappa shape index (κ3) is 8.88. The summed E-state index contributed by atoms with van der Waals surface area (Å²) in [7, 11) is 7.87. The molecule has 0 saturated carbocycles. The number of benzene rings is 2. The maximum absolute atomic E-state index is 12.5. The van der Waals surface area contributed by atoms with Gasteiger partial charge in [-0.05, 0) is 108 Å². The Labute approximate surface area is 238 Å². The molecule has 0 aliphatic heterocycles. The van der Waals surface area contributed by atoms with Crippen molar-refractivity contribution in [2.75, 3.05) is 44.6 Å². The minimum absolute atomic E-state index is 0.190. The van der Waals surface area contributed by atoms with Gasteiger partial charge in [0.2, 0.25) is 0 Å². The van der Waals surface area contributed by atoms with Crippen LogP contribution < -0.4 is 9.80 Å². The maximum atomic E-state index is 12.5. The van der Waals surface area contributed by atoms with E-state index in [1.807, 2.05) is 75.8 Å². The summed E-state index contributed by atoms with van der Waals surface area (Å²) in [4.78, 5) is 20.3. The van der Waals surface area contributed by atoms with Crippen LogP contribution in [0.1, 0.15) is 48.0 Å². The van der Waals surface area contributed by atoms with Crippen molar-refractivity contribution < 1.29 is 19.0 Å². The van der Waals surface area contributed by atoms with Gasteiger partial charge < -0.3 is 24.0 Å². The largest absolute Gasteiger partial charge is 0.458 e. The predicted octanol–water partition coefficient (Wildman–Crippen LogP) is 6.57. The number of allylic oxidation sites excluding steroid dienone is 1. The number of hydrogen-bond donors (Lipinski definition) is 0. The number of anilines is 2. The van der Waals surface area contributed by atoms with Crippen LogP contribution in [0.3, 0.4) is 0 Å². The molecule has 0 heterocycles. The second-order valence-electron chi connectivity index (χ2n) is 12.1. The Bertz CT molecular complexity index is 1120. The van der Waals surface area contributed by atoms with E-state index in [1.165, 1.54) is 14.7 Å². The van der Waals surface area contributed by atoms with Crippen LogP contribution in [0.15, 0.2) is 81.5 Å². The summed E-state index contributed by atoms with van der Waals surface area (Å²) >= 11 is 0. The number of carbonyl (C=O) groups excluding carboxylic acids is 1. The SMILES string of the molecule is CN(C)c1ccc([S+](C2=CCC(OCC(=O)OC(C)(C)C)(OC(C)(C)C)C=C2)c2ccc(N(C)C)cc2)cc1. The molecule has 0 spiro atoms. The summed E-state index contributed by atoms with van der Waals surface area (Å²) in [6, 6.07) is 17.5. The lowest BCUT2D eigenvalue weighted by Crippen LogP contribution is -2.43. The van der Waals surface area contributed by atoms with Crippen LogP contribution in [0.25, 0.3) is 0 Å². The average molecular weight is 554 g/mol. The molecule has 0 bridgehead atoms. The summed E-state index contributed by atoms with van der Waals surface area (Å²) in [5.74, 6) is -1.47. The topological polar surface area (TPSA) is 51.2 Å². The van der Waals surface area contributed by atoms with E-state index in [4.69, 9.17) is 14.2 Å². The van der Waals surface area contributed by atoms with E-state index in [1.54, 1.807) is 0 Å². The van der Waals surface area contributed by atoms with Crippen molar-refractivity contribution in [2.24, 2.45) is 0 Å². The molecule has 1 aliphatic carbocycles. The van der Waals surface area contributed by atoms with E-state index in [0.717, 1.165) is 11.4 Å². The van der Waals surface area contributed by atoms with Crippen LogP contribution in [0.5, 0.6) is 0 Å². The van der Waals surface area contributed by atoms with Gasteiger partial charge >= 0.3 is 5.97 Å². The fourth-order valence-corrected chi connectivity index (χ4v) is 6.28. The van der Waals surface area contributed by atoms with Crippen molar-refractivity contribution in [2.45, 2.75) is 74.7 Å². The Morgan fingerprint density at radius 3 is 1.67 bits per heavy atom. The molecule has 2 aromatic rings. The first-order chi connectivity index (χ1) is 18.1. The van der Waals surface area contributed by atoms with E-state index in [0.29, 0.717) is 6.42 Å². The van der Waals surface area contributed by atoms with Gasteiger partial charge in [-0.3, -0.25) is 0 Å². The highest BCUT2D eigenvalue weighted by Gasteiger charge is 2.40. The molecule has 0 saturated heterocycles. The highest BCUT2D eigenvalue weighted by atomic mass is 32.2. The fraction of sp³-hybridized carbons (Fsp3) is 0.469. The lowest BCUT2D eigenvalue weighted by Gasteiger charge is -2.37. The summed E-state index contributed by atoms with van der Waals surface area (Å²) in [6.07, 6.45) is 6.71. The summed E-state index contributed by atoms with van der Waals surface area (Å²) in [5.41, 5.74) is 1.26. The summed E-state index contributed by atoms with van der Waals surface area (Å²) in [5, 5.41) is 0. The molecule has 1 atom stereocenters. The molecule has 0 fully saturated rings. The zero-order valence-corrected chi connectivity index (χ0v) is 26.0. The van der Waals surface area contributed by atoms with Crippen LogP contribution in [-0.2, 0) is 29.9 Å². The Morgan fingerprint density at radius 2 is 1.31 bits per heavy atom. The number of rotatable bonds is 9. The third-order valence-corrected chi connectivity index (χ3v) is 8.10. The van der Waals surface area contributed by atoms with E-state index < -0.39 is 23.0 Å². The van der Waals surface area contributed by atoms with Crippen LogP contribution in [0.4, 0.5) is 11.4 Å². The van der Waals surface area contributed by atoms with Crippen molar-refractivity contribution in [1.29, 1.82) is 0 Å². The molecule has 2 aromatic carbocycles. The second kappa shape index (κ2) is 12.2. The van der Waals surface area contributed by atoms with Gasteiger partial charge in [0.15, 0.2) is 20.5 Å². The highest BCUT2D eigenvalue weighted by Crippen LogP contribution is 2.38. The van der Waals surface area contributed by atoms with Gasteiger partial charge in [0, 0.05) is 46.0 Å². The van der Waals surface area contributed by atoms with E-state index in [2.05, 4.69) is 70.5 Å². The fourth-order valence-electron chi connectivity index (χ4n) is 4.19. The monoisotopic (exact) mass is 553 g/mol. The number of ether oxygens (including phenoxy) is 3. The molecule has 0 aromatic heterocycles. The Morgan fingerprint density at radius 1 is 0.821 bits per heavy atom. The van der Waals surface area contributed by atoms with E-state index in [-0.39, 0.29) is 17.5 Å². The Kier molecular flexibility index (Phi) is 9.63. The van der Waals surface area contributed by atoms with E-state index >= 15 is 0 Å². The zero-order valence-electron chi connectivity index (χ0n) is 25.2. The minimum atomic E-state index is -1.06. The lowest BCUT2D eigenvalue weighted by atomic mass is 10.1. The van der Waals surface area contributed by atoms with Crippen molar-refractivity contribution in [1.82, 2.24) is 0 Å².